The van der Waals surface area contributed by atoms with Gasteiger partial charge >= 0.3 is 6.03 Å². The van der Waals surface area contributed by atoms with Gasteiger partial charge in [0.1, 0.15) is 0 Å². The summed E-state index contributed by atoms with van der Waals surface area (Å²) in [5, 5.41) is 2.93. The van der Waals surface area contributed by atoms with Crippen LogP contribution in [-0.4, -0.2) is 29.4 Å². The molecule has 5 nitrogen and oxygen atoms in total. The summed E-state index contributed by atoms with van der Waals surface area (Å²) < 4.78 is 0. The maximum Gasteiger partial charge on any atom is 0.322 e. The van der Waals surface area contributed by atoms with Gasteiger partial charge < -0.3 is 16.0 Å². The predicted molar refractivity (Wildman–Crippen MR) is 94.9 cm³/mol. The van der Waals surface area contributed by atoms with Gasteiger partial charge in [-0.3, -0.25) is 4.79 Å². The minimum Gasteiger partial charge on any atom is -0.366 e. The summed E-state index contributed by atoms with van der Waals surface area (Å²) >= 11 is 0. The molecular formula is C19H25N3O2. The van der Waals surface area contributed by atoms with Crippen LogP contribution in [0.2, 0.25) is 0 Å². The number of urea groups is 1. The molecule has 5 heteroatoms. The number of nitrogens with zero attached hydrogens (tertiary/aromatic N) is 1. The molecule has 1 aromatic rings. The zero-order chi connectivity index (χ0) is 17.5. The number of rotatable bonds is 3. The van der Waals surface area contributed by atoms with E-state index in [4.69, 9.17) is 5.73 Å². The smallest absolute Gasteiger partial charge is 0.322 e. The molecule has 0 unspecified atom stereocenters. The molecule has 0 radical (unpaired) electrons. The molecule has 24 heavy (non-hydrogen) atoms. The molecule has 3 rings (SSSR count). The maximum absolute atomic E-state index is 12.7. The van der Waals surface area contributed by atoms with Crippen LogP contribution in [0.15, 0.2) is 30.4 Å². The van der Waals surface area contributed by atoms with Crippen LogP contribution in [0, 0.1) is 18.3 Å². The Morgan fingerprint density at radius 3 is 2.50 bits per heavy atom. The van der Waals surface area contributed by atoms with Crippen molar-refractivity contribution in [2.45, 2.75) is 39.7 Å². The van der Waals surface area contributed by atoms with E-state index in [2.05, 4.69) is 31.3 Å². The van der Waals surface area contributed by atoms with E-state index in [1.807, 2.05) is 17.9 Å². The Bertz CT molecular complexity index is 701. The number of likely N-dealkylation sites (tertiary alicyclic amines) is 1. The standard InChI is InChI=1S/C19H25N3O2/c1-12(2)16-19(6-4-5-7-19)11-22(16)18(24)21-15-9-13(3)8-14(10-15)17(20)23/h4-5,8-10,12,16H,6-7,11H2,1-3H3,(H2,20,23)(H,21,24)/t16-/m0/s1. The summed E-state index contributed by atoms with van der Waals surface area (Å²) in [6, 6.07) is 5.34. The van der Waals surface area contributed by atoms with Gasteiger partial charge in [-0.15, -0.1) is 0 Å². The molecule has 3 N–H and O–H groups in total. The number of anilines is 1. The van der Waals surface area contributed by atoms with Crippen molar-refractivity contribution in [3.63, 3.8) is 0 Å². The first kappa shape index (κ1) is 16.6. The molecule has 1 saturated heterocycles. The second-order valence-corrected chi connectivity index (χ2v) is 7.44. The molecule has 0 saturated carbocycles. The van der Waals surface area contributed by atoms with E-state index >= 15 is 0 Å². The first-order chi connectivity index (χ1) is 11.3. The molecule has 2 aliphatic rings. The second kappa shape index (κ2) is 5.96. The highest BCUT2D eigenvalue weighted by Gasteiger charge is 2.55. The number of allylic oxidation sites excluding steroid dienone is 2. The van der Waals surface area contributed by atoms with Crippen LogP contribution < -0.4 is 11.1 Å². The third-order valence-electron chi connectivity index (χ3n) is 5.17. The highest BCUT2D eigenvalue weighted by atomic mass is 16.2. The summed E-state index contributed by atoms with van der Waals surface area (Å²) in [6.45, 7) is 7.00. The molecule has 0 bridgehead atoms. The summed E-state index contributed by atoms with van der Waals surface area (Å²) in [4.78, 5) is 26.0. The molecular weight excluding hydrogens is 302 g/mol. The minimum atomic E-state index is -0.491. The number of benzene rings is 1. The van der Waals surface area contributed by atoms with Crippen molar-refractivity contribution in [2.75, 3.05) is 11.9 Å². The largest absolute Gasteiger partial charge is 0.366 e. The van der Waals surface area contributed by atoms with Crippen molar-refractivity contribution in [3.8, 4) is 0 Å². The Kier molecular flexibility index (Phi) is 4.11. The van der Waals surface area contributed by atoms with Gasteiger partial charge in [0, 0.05) is 29.3 Å². The van der Waals surface area contributed by atoms with Crippen molar-refractivity contribution in [2.24, 2.45) is 17.1 Å². The Balaban J connectivity index is 1.75. The number of carbonyl (C=O) groups is 2. The zero-order valence-electron chi connectivity index (χ0n) is 14.5. The molecule has 1 fully saturated rings. The van der Waals surface area contributed by atoms with Crippen molar-refractivity contribution in [1.29, 1.82) is 0 Å². The van der Waals surface area contributed by atoms with E-state index in [1.54, 1.807) is 12.1 Å². The lowest BCUT2D eigenvalue weighted by Gasteiger charge is -2.58. The average molecular weight is 327 g/mol. The normalized spacial score (nSPS) is 21.2. The number of hydrogen-bond acceptors (Lipinski definition) is 2. The molecule has 1 heterocycles. The van der Waals surface area contributed by atoms with Gasteiger partial charge in [0.15, 0.2) is 0 Å². The Labute approximate surface area is 142 Å². The SMILES string of the molecule is Cc1cc(NC(=O)N2CC3(CC=CC3)[C@@H]2C(C)C)cc(C(N)=O)c1. The average Bonchev–Trinajstić information content (AvgIpc) is 2.94. The summed E-state index contributed by atoms with van der Waals surface area (Å²) in [6.07, 6.45) is 6.56. The van der Waals surface area contributed by atoms with E-state index in [-0.39, 0.29) is 17.5 Å². The number of primary amides is 1. The fourth-order valence-corrected chi connectivity index (χ4v) is 4.30. The number of amides is 3. The van der Waals surface area contributed by atoms with Crippen molar-refractivity contribution in [1.82, 2.24) is 4.90 Å². The van der Waals surface area contributed by atoms with Crippen LogP contribution in [0.5, 0.6) is 0 Å². The second-order valence-electron chi connectivity index (χ2n) is 7.44. The number of nitrogens with two attached hydrogens (primary N) is 1. The van der Waals surface area contributed by atoms with Crippen LogP contribution in [0.4, 0.5) is 10.5 Å². The molecule has 0 aromatic heterocycles. The van der Waals surface area contributed by atoms with E-state index in [0.717, 1.165) is 24.9 Å². The Morgan fingerprint density at radius 1 is 1.25 bits per heavy atom. The molecule has 1 aliphatic heterocycles. The molecule has 1 atom stereocenters. The van der Waals surface area contributed by atoms with Crippen molar-refractivity contribution in [3.05, 3.63) is 41.5 Å². The summed E-state index contributed by atoms with van der Waals surface area (Å²) in [5.41, 5.74) is 7.48. The van der Waals surface area contributed by atoms with E-state index < -0.39 is 5.91 Å². The molecule has 1 spiro atoms. The topological polar surface area (TPSA) is 75.4 Å². The van der Waals surface area contributed by atoms with Gasteiger partial charge in [-0.25, -0.2) is 4.79 Å². The molecule has 1 aromatic carbocycles. The fourth-order valence-electron chi connectivity index (χ4n) is 4.30. The van der Waals surface area contributed by atoms with Gasteiger partial charge in [-0.2, -0.15) is 0 Å². The fraction of sp³-hybridized carbons (Fsp3) is 0.474. The van der Waals surface area contributed by atoms with E-state index in [1.165, 1.54) is 0 Å². The van der Waals surface area contributed by atoms with Gasteiger partial charge in [-0.05, 0) is 49.4 Å². The zero-order valence-corrected chi connectivity index (χ0v) is 14.5. The number of aryl methyl sites for hydroxylation is 1. The monoisotopic (exact) mass is 327 g/mol. The third kappa shape index (κ3) is 2.79. The first-order valence-corrected chi connectivity index (χ1v) is 8.46. The minimum absolute atomic E-state index is 0.104. The Morgan fingerprint density at radius 2 is 1.92 bits per heavy atom. The van der Waals surface area contributed by atoms with Crippen LogP contribution >= 0.6 is 0 Å². The lowest BCUT2D eigenvalue weighted by Crippen LogP contribution is -2.68. The van der Waals surface area contributed by atoms with Crippen LogP contribution in [-0.2, 0) is 0 Å². The molecule has 128 valence electrons. The lowest BCUT2D eigenvalue weighted by atomic mass is 9.65. The highest BCUT2D eigenvalue weighted by Crippen LogP contribution is 2.50. The van der Waals surface area contributed by atoms with Gasteiger partial charge in [0.2, 0.25) is 5.91 Å². The summed E-state index contributed by atoms with van der Waals surface area (Å²) in [7, 11) is 0. The van der Waals surface area contributed by atoms with Gasteiger partial charge in [-0.1, -0.05) is 26.0 Å². The van der Waals surface area contributed by atoms with E-state index in [0.29, 0.717) is 17.2 Å². The maximum atomic E-state index is 12.7. The quantitative estimate of drug-likeness (QED) is 0.836. The van der Waals surface area contributed by atoms with Gasteiger partial charge in [0.05, 0.1) is 0 Å². The number of nitrogens with one attached hydrogen (secondary N) is 1. The predicted octanol–water partition coefficient (Wildman–Crippen LogP) is 3.30. The first-order valence-electron chi connectivity index (χ1n) is 8.46. The van der Waals surface area contributed by atoms with E-state index in [9.17, 15) is 9.59 Å². The van der Waals surface area contributed by atoms with Crippen LogP contribution in [0.3, 0.4) is 0 Å². The highest BCUT2D eigenvalue weighted by molar-refractivity contribution is 5.96. The lowest BCUT2D eigenvalue weighted by molar-refractivity contribution is -0.0538. The molecule has 1 aliphatic carbocycles. The van der Waals surface area contributed by atoms with Crippen molar-refractivity contribution < 1.29 is 9.59 Å². The van der Waals surface area contributed by atoms with Crippen LogP contribution in [0.1, 0.15) is 42.6 Å². The third-order valence-corrected chi connectivity index (χ3v) is 5.17. The number of hydrogen-bond donors (Lipinski definition) is 2. The van der Waals surface area contributed by atoms with Gasteiger partial charge in [0.25, 0.3) is 0 Å². The summed E-state index contributed by atoms with van der Waals surface area (Å²) in [5.74, 6) is -0.0859. The Hall–Kier alpha value is -2.30. The van der Waals surface area contributed by atoms with Crippen LogP contribution in [0.25, 0.3) is 0 Å². The number of carbonyl (C=O) groups excluding carboxylic acids is 2. The van der Waals surface area contributed by atoms with Crippen molar-refractivity contribution >= 4 is 17.6 Å². The molecule has 3 amide bonds.